The van der Waals surface area contributed by atoms with Gasteiger partial charge in [-0.05, 0) is 31.0 Å². The van der Waals surface area contributed by atoms with Crippen LogP contribution in [0.2, 0.25) is 5.15 Å². The molecule has 1 saturated heterocycles. The van der Waals surface area contributed by atoms with Crippen molar-refractivity contribution in [3.05, 3.63) is 64.9 Å². The van der Waals surface area contributed by atoms with Gasteiger partial charge in [-0.2, -0.15) is 0 Å². The van der Waals surface area contributed by atoms with Crippen LogP contribution in [0.25, 0.3) is 0 Å². The lowest BCUT2D eigenvalue weighted by Gasteiger charge is -2.16. The second-order valence-corrected chi connectivity index (χ2v) is 7.52. The number of rotatable bonds is 8. The van der Waals surface area contributed by atoms with E-state index in [-0.39, 0.29) is 30.0 Å². The van der Waals surface area contributed by atoms with Crippen LogP contribution in [0.3, 0.4) is 0 Å². The molecule has 8 nitrogen and oxygen atoms in total. The normalized spacial score (nSPS) is 16.7. The summed E-state index contributed by atoms with van der Waals surface area (Å²) in [5, 5.41) is 0.00778. The van der Waals surface area contributed by atoms with Gasteiger partial charge in [0.05, 0.1) is 18.2 Å². The van der Waals surface area contributed by atoms with Crippen LogP contribution in [-0.4, -0.2) is 59.7 Å². The number of carbonyl (C=O) groups is 3. The number of halogens is 1. The van der Waals surface area contributed by atoms with Crippen molar-refractivity contribution in [3.8, 4) is 0 Å². The van der Waals surface area contributed by atoms with Crippen LogP contribution in [0.15, 0.2) is 53.7 Å². The SMILES string of the molecule is CCOC(=O)C(C=NC1CCN(C(=O)OCc2ccccc2)C1)C(=O)c1cccnc1Cl. The molecule has 3 rings (SSSR count). The van der Waals surface area contributed by atoms with Crippen molar-refractivity contribution in [2.24, 2.45) is 10.9 Å². The van der Waals surface area contributed by atoms with E-state index in [2.05, 4.69) is 9.98 Å². The molecule has 1 amide bonds. The number of aromatic nitrogens is 1. The molecule has 1 aromatic heterocycles. The summed E-state index contributed by atoms with van der Waals surface area (Å²) in [6.45, 7) is 2.78. The third kappa shape index (κ3) is 6.13. The van der Waals surface area contributed by atoms with Gasteiger partial charge in [-0.3, -0.25) is 14.6 Å². The molecule has 32 heavy (non-hydrogen) atoms. The van der Waals surface area contributed by atoms with Gasteiger partial charge < -0.3 is 14.4 Å². The lowest BCUT2D eigenvalue weighted by atomic mass is 10.00. The topological polar surface area (TPSA) is 98.2 Å². The van der Waals surface area contributed by atoms with Gasteiger partial charge in [-0.1, -0.05) is 41.9 Å². The van der Waals surface area contributed by atoms with E-state index in [1.165, 1.54) is 18.5 Å². The maximum atomic E-state index is 12.9. The molecular weight excluding hydrogens is 434 g/mol. The van der Waals surface area contributed by atoms with Gasteiger partial charge in [0.1, 0.15) is 11.8 Å². The summed E-state index contributed by atoms with van der Waals surface area (Å²) in [4.78, 5) is 47.4. The number of benzene rings is 1. The van der Waals surface area contributed by atoms with Gasteiger partial charge in [0, 0.05) is 25.5 Å². The average Bonchev–Trinajstić information content (AvgIpc) is 3.28. The van der Waals surface area contributed by atoms with Crippen molar-refractivity contribution in [2.75, 3.05) is 19.7 Å². The molecule has 2 atom stereocenters. The number of aliphatic imine (C=N–C) groups is 1. The van der Waals surface area contributed by atoms with Crippen LogP contribution in [0.5, 0.6) is 0 Å². The zero-order valence-corrected chi connectivity index (χ0v) is 18.4. The number of esters is 1. The highest BCUT2D eigenvalue weighted by atomic mass is 35.5. The summed E-state index contributed by atoms with van der Waals surface area (Å²) in [5.41, 5.74) is 1.02. The minimum Gasteiger partial charge on any atom is -0.465 e. The van der Waals surface area contributed by atoms with Crippen molar-refractivity contribution in [1.82, 2.24) is 9.88 Å². The second-order valence-electron chi connectivity index (χ2n) is 7.16. The van der Waals surface area contributed by atoms with Crippen molar-refractivity contribution in [3.63, 3.8) is 0 Å². The van der Waals surface area contributed by atoms with Gasteiger partial charge in [-0.15, -0.1) is 0 Å². The van der Waals surface area contributed by atoms with E-state index in [0.717, 1.165) is 5.56 Å². The first-order valence-corrected chi connectivity index (χ1v) is 10.7. The Morgan fingerprint density at radius 1 is 1.22 bits per heavy atom. The Hall–Kier alpha value is -3.26. The molecule has 1 fully saturated rings. The summed E-state index contributed by atoms with van der Waals surface area (Å²) in [7, 11) is 0. The smallest absolute Gasteiger partial charge is 0.410 e. The van der Waals surface area contributed by atoms with E-state index in [1.807, 2.05) is 30.3 Å². The molecule has 2 unspecified atom stereocenters. The first-order valence-electron chi connectivity index (χ1n) is 10.3. The maximum absolute atomic E-state index is 12.9. The minimum atomic E-state index is -1.24. The third-order valence-electron chi connectivity index (χ3n) is 4.92. The number of amides is 1. The molecule has 0 radical (unpaired) electrons. The van der Waals surface area contributed by atoms with E-state index >= 15 is 0 Å². The standard InChI is InChI=1S/C23H24ClN3O5/c1-2-31-22(29)19(20(28)18-9-6-11-25-21(18)24)13-26-17-10-12-27(14-17)23(30)32-15-16-7-4-3-5-8-16/h3-9,11,13,17,19H,2,10,12,14-15H2,1H3. The molecule has 0 aliphatic carbocycles. The molecule has 0 N–H and O–H groups in total. The Labute approximate surface area is 191 Å². The van der Waals surface area contributed by atoms with E-state index in [9.17, 15) is 14.4 Å². The predicted molar refractivity (Wildman–Crippen MR) is 119 cm³/mol. The number of hydrogen-bond acceptors (Lipinski definition) is 7. The number of carbonyl (C=O) groups excluding carboxylic acids is 3. The Bertz CT molecular complexity index is 983. The largest absolute Gasteiger partial charge is 0.465 e. The average molecular weight is 458 g/mol. The molecular formula is C23H24ClN3O5. The molecule has 0 saturated carbocycles. The molecule has 2 heterocycles. The molecule has 168 valence electrons. The van der Waals surface area contributed by atoms with Crippen LogP contribution in [0.4, 0.5) is 4.79 Å². The van der Waals surface area contributed by atoms with Crippen molar-refractivity contribution < 1.29 is 23.9 Å². The fraction of sp³-hybridized carbons (Fsp3) is 0.348. The lowest BCUT2D eigenvalue weighted by molar-refractivity contribution is -0.143. The Morgan fingerprint density at radius 3 is 2.72 bits per heavy atom. The number of ketones is 1. The number of pyridine rings is 1. The van der Waals surface area contributed by atoms with E-state index in [4.69, 9.17) is 21.1 Å². The van der Waals surface area contributed by atoms with Crippen LogP contribution < -0.4 is 0 Å². The van der Waals surface area contributed by atoms with Crippen molar-refractivity contribution in [1.29, 1.82) is 0 Å². The van der Waals surface area contributed by atoms with Crippen LogP contribution in [0, 0.1) is 5.92 Å². The summed E-state index contributed by atoms with van der Waals surface area (Å²) >= 11 is 6.01. The highest BCUT2D eigenvalue weighted by Gasteiger charge is 2.31. The van der Waals surface area contributed by atoms with E-state index in [1.54, 1.807) is 17.9 Å². The maximum Gasteiger partial charge on any atom is 0.410 e. The first kappa shape index (κ1) is 23.4. The van der Waals surface area contributed by atoms with Gasteiger partial charge >= 0.3 is 12.1 Å². The van der Waals surface area contributed by atoms with Crippen LogP contribution >= 0.6 is 11.6 Å². The van der Waals surface area contributed by atoms with Gasteiger partial charge in [-0.25, -0.2) is 9.78 Å². The van der Waals surface area contributed by atoms with E-state index < -0.39 is 23.8 Å². The molecule has 1 aromatic carbocycles. The van der Waals surface area contributed by atoms with Crippen LogP contribution in [-0.2, 0) is 20.9 Å². The molecule has 1 aliphatic heterocycles. The van der Waals surface area contributed by atoms with Crippen molar-refractivity contribution in [2.45, 2.75) is 26.0 Å². The first-order chi connectivity index (χ1) is 15.5. The Morgan fingerprint density at radius 2 is 2.00 bits per heavy atom. The van der Waals surface area contributed by atoms with Gasteiger partial charge in [0.25, 0.3) is 0 Å². The highest BCUT2D eigenvalue weighted by Crippen LogP contribution is 2.19. The zero-order chi connectivity index (χ0) is 22.9. The van der Waals surface area contributed by atoms with Gasteiger partial charge in [0.15, 0.2) is 11.7 Å². The lowest BCUT2D eigenvalue weighted by Crippen LogP contribution is -2.31. The number of likely N-dealkylation sites (tertiary alicyclic amines) is 1. The molecule has 2 aromatic rings. The van der Waals surface area contributed by atoms with E-state index in [0.29, 0.717) is 19.5 Å². The minimum absolute atomic E-state index is 0.00778. The van der Waals surface area contributed by atoms with Crippen LogP contribution in [0.1, 0.15) is 29.3 Å². The summed E-state index contributed by atoms with van der Waals surface area (Å²) in [5.74, 6) is -2.49. The predicted octanol–water partition coefficient (Wildman–Crippen LogP) is 3.58. The monoisotopic (exact) mass is 457 g/mol. The molecule has 0 bridgehead atoms. The number of nitrogens with zero attached hydrogens (tertiary/aromatic N) is 3. The number of Topliss-reactive ketones (excluding diaryl/α,β-unsaturated/α-hetero) is 1. The number of hydrogen-bond donors (Lipinski definition) is 0. The Balaban J connectivity index is 1.61. The molecule has 9 heteroatoms. The number of ether oxygens (including phenoxy) is 2. The molecule has 0 spiro atoms. The summed E-state index contributed by atoms with van der Waals surface area (Å²) in [6.07, 6.45) is 2.91. The second kappa shape index (κ2) is 11.4. The molecule has 1 aliphatic rings. The fourth-order valence-corrected chi connectivity index (χ4v) is 3.47. The van der Waals surface area contributed by atoms with Gasteiger partial charge in [0.2, 0.25) is 0 Å². The third-order valence-corrected chi connectivity index (χ3v) is 5.22. The highest BCUT2D eigenvalue weighted by molar-refractivity contribution is 6.34. The zero-order valence-electron chi connectivity index (χ0n) is 17.6. The van der Waals surface area contributed by atoms with Crippen molar-refractivity contribution >= 4 is 35.7 Å². The summed E-state index contributed by atoms with van der Waals surface area (Å²) in [6, 6.07) is 12.2. The quantitative estimate of drug-likeness (QED) is 0.197. The summed E-state index contributed by atoms with van der Waals surface area (Å²) < 4.78 is 10.4. The Kier molecular flexibility index (Phi) is 8.33. The fourth-order valence-electron chi connectivity index (χ4n) is 3.25.